The van der Waals surface area contributed by atoms with Crippen LogP contribution in [0, 0.1) is 6.92 Å². The zero-order chi connectivity index (χ0) is 13.9. The standard InChI is InChI=1S/C16H27OSi/c1-12(2)18(13(3)4,14(5)6)17-16-10-8-15(7)9-11-16/h8-14H,7H2,1-6H3. The van der Waals surface area contributed by atoms with Gasteiger partial charge in [0.2, 0.25) is 0 Å². The van der Waals surface area contributed by atoms with Crippen molar-refractivity contribution in [1.82, 2.24) is 0 Å². The summed E-state index contributed by atoms with van der Waals surface area (Å²) in [5.74, 6) is 1.00. The predicted molar refractivity (Wildman–Crippen MR) is 82.6 cm³/mol. The van der Waals surface area contributed by atoms with Gasteiger partial charge in [0.15, 0.2) is 0 Å². The van der Waals surface area contributed by atoms with E-state index in [0.29, 0.717) is 16.6 Å². The molecule has 0 spiro atoms. The summed E-state index contributed by atoms with van der Waals surface area (Å²) in [5.41, 5.74) is 2.86. The molecule has 0 bridgehead atoms. The van der Waals surface area contributed by atoms with Gasteiger partial charge in [-0.05, 0) is 41.2 Å². The molecule has 0 heterocycles. The van der Waals surface area contributed by atoms with E-state index in [1.165, 1.54) is 0 Å². The molecule has 0 aliphatic rings. The van der Waals surface area contributed by atoms with Crippen molar-refractivity contribution >= 4 is 8.32 Å². The molecule has 0 amide bonds. The van der Waals surface area contributed by atoms with Gasteiger partial charge >= 0.3 is 0 Å². The molecule has 1 radical (unpaired) electrons. The minimum absolute atomic E-state index is 0.608. The quantitative estimate of drug-likeness (QED) is 0.644. The van der Waals surface area contributed by atoms with E-state index in [1.54, 1.807) is 0 Å². The predicted octanol–water partition coefficient (Wildman–Crippen LogP) is 5.42. The molecule has 0 unspecified atom stereocenters. The Balaban J connectivity index is 3.08. The number of benzene rings is 1. The third-order valence-corrected chi connectivity index (χ3v) is 9.93. The van der Waals surface area contributed by atoms with E-state index >= 15 is 0 Å². The van der Waals surface area contributed by atoms with Gasteiger partial charge in [-0.3, -0.25) is 0 Å². The molecule has 2 heteroatoms. The first-order valence-electron chi connectivity index (χ1n) is 6.91. The van der Waals surface area contributed by atoms with Crippen LogP contribution < -0.4 is 4.43 Å². The molecule has 0 N–H and O–H groups in total. The topological polar surface area (TPSA) is 9.23 Å². The van der Waals surface area contributed by atoms with Crippen LogP contribution in [0.25, 0.3) is 0 Å². The number of hydrogen-bond donors (Lipinski definition) is 0. The molecule has 1 aromatic carbocycles. The van der Waals surface area contributed by atoms with Crippen LogP contribution in [-0.2, 0) is 0 Å². The molecule has 0 aromatic heterocycles. The van der Waals surface area contributed by atoms with Crippen molar-refractivity contribution in [1.29, 1.82) is 0 Å². The SMILES string of the molecule is [CH2]c1ccc(O[Si](C(C)C)(C(C)C)C(C)C)cc1. The van der Waals surface area contributed by atoms with Crippen molar-refractivity contribution in [2.45, 2.75) is 58.2 Å². The molecule has 101 valence electrons. The Labute approximate surface area is 114 Å². The van der Waals surface area contributed by atoms with Crippen molar-refractivity contribution in [3.05, 3.63) is 36.8 Å². The Morgan fingerprint density at radius 3 is 1.56 bits per heavy atom. The molecular formula is C16H27OSi. The normalized spacial score (nSPS) is 12.6. The molecular weight excluding hydrogens is 236 g/mol. The van der Waals surface area contributed by atoms with E-state index in [-0.39, 0.29) is 0 Å². The highest BCUT2D eigenvalue weighted by atomic mass is 28.4. The van der Waals surface area contributed by atoms with Crippen LogP contribution in [0.3, 0.4) is 0 Å². The summed E-state index contributed by atoms with van der Waals surface area (Å²) >= 11 is 0. The Bertz CT molecular complexity index is 343. The molecule has 0 aliphatic heterocycles. The van der Waals surface area contributed by atoms with Crippen LogP contribution in [0.15, 0.2) is 24.3 Å². The maximum atomic E-state index is 6.55. The summed E-state index contributed by atoms with van der Waals surface area (Å²) in [4.78, 5) is 0. The van der Waals surface area contributed by atoms with Crippen molar-refractivity contribution < 1.29 is 4.43 Å². The lowest BCUT2D eigenvalue weighted by Crippen LogP contribution is -2.50. The van der Waals surface area contributed by atoms with E-state index < -0.39 is 8.32 Å². The van der Waals surface area contributed by atoms with E-state index in [2.05, 4.69) is 60.6 Å². The van der Waals surface area contributed by atoms with Crippen molar-refractivity contribution in [2.75, 3.05) is 0 Å². The zero-order valence-electron chi connectivity index (χ0n) is 12.7. The molecule has 0 fully saturated rings. The summed E-state index contributed by atoms with van der Waals surface area (Å²) in [7, 11) is -1.81. The highest BCUT2D eigenvalue weighted by molar-refractivity contribution is 6.78. The van der Waals surface area contributed by atoms with E-state index in [4.69, 9.17) is 4.43 Å². The van der Waals surface area contributed by atoms with E-state index in [0.717, 1.165) is 11.3 Å². The van der Waals surface area contributed by atoms with Gasteiger partial charge in [-0.25, -0.2) is 0 Å². The monoisotopic (exact) mass is 263 g/mol. The molecule has 1 rings (SSSR count). The van der Waals surface area contributed by atoms with Crippen LogP contribution in [0.5, 0.6) is 5.75 Å². The summed E-state index contributed by atoms with van der Waals surface area (Å²) in [6.45, 7) is 17.8. The average Bonchev–Trinajstić information content (AvgIpc) is 2.26. The Hall–Kier alpha value is -0.763. The van der Waals surface area contributed by atoms with Crippen LogP contribution in [0.4, 0.5) is 0 Å². The van der Waals surface area contributed by atoms with E-state index in [1.807, 2.05) is 12.1 Å². The third kappa shape index (κ3) is 2.97. The molecule has 1 nitrogen and oxygen atoms in total. The minimum atomic E-state index is -1.81. The lowest BCUT2D eigenvalue weighted by atomic mass is 10.2. The Morgan fingerprint density at radius 1 is 0.833 bits per heavy atom. The fourth-order valence-corrected chi connectivity index (χ4v) is 8.37. The molecule has 1 aromatic rings. The minimum Gasteiger partial charge on any atom is -0.543 e. The summed E-state index contributed by atoms with van der Waals surface area (Å²) in [6.07, 6.45) is 0. The Morgan fingerprint density at radius 2 is 1.22 bits per heavy atom. The van der Waals surface area contributed by atoms with E-state index in [9.17, 15) is 0 Å². The number of hydrogen-bond acceptors (Lipinski definition) is 1. The zero-order valence-corrected chi connectivity index (χ0v) is 13.7. The first-order chi connectivity index (χ1) is 8.30. The highest BCUT2D eigenvalue weighted by Gasteiger charge is 2.46. The van der Waals surface area contributed by atoms with Crippen molar-refractivity contribution in [3.8, 4) is 5.75 Å². The lowest BCUT2D eigenvalue weighted by molar-refractivity contribution is 0.480. The van der Waals surface area contributed by atoms with Crippen LogP contribution in [0.2, 0.25) is 16.6 Å². The van der Waals surface area contributed by atoms with Gasteiger partial charge < -0.3 is 4.43 Å². The maximum absolute atomic E-state index is 6.55. The Kier molecular flexibility index (Phi) is 5.03. The second kappa shape index (κ2) is 5.92. The summed E-state index contributed by atoms with van der Waals surface area (Å²) < 4.78 is 6.55. The largest absolute Gasteiger partial charge is 0.543 e. The van der Waals surface area contributed by atoms with Crippen LogP contribution >= 0.6 is 0 Å². The summed E-state index contributed by atoms with van der Waals surface area (Å²) in [5, 5.41) is 0. The van der Waals surface area contributed by atoms with Gasteiger partial charge in [0.05, 0.1) is 0 Å². The fraction of sp³-hybridized carbons (Fsp3) is 0.562. The van der Waals surface area contributed by atoms with Gasteiger partial charge in [0.1, 0.15) is 5.75 Å². The van der Waals surface area contributed by atoms with Gasteiger partial charge in [-0.2, -0.15) is 0 Å². The maximum Gasteiger partial charge on any atom is 0.258 e. The first kappa shape index (κ1) is 15.3. The first-order valence-corrected chi connectivity index (χ1v) is 9.05. The van der Waals surface area contributed by atoms with Crippen molar-refractivity contribution in [2.24, 2.45) is 0 Å². The fourth-order valence-electron chi connectivity index (χ4n) is 3.12. The molecule has 18 heavy (non-hydrogen) atoms. The third-order valence-electron chi connectivity index (χ3n) is 3.93. The van der Waals surface area contributed by atoms with Crippen LogP contribution in [-0.4, -0.2) is 8.32 Å². The molecule has 0 saturated carbocycles. The number of rotatable bonds is 5. The van der Waals surface area contributed by atoms with Gasteiger partial charge in [-0.15, -0.1) is 0 Å². The van der Waals surface area contributed by atoms with Gasteiger partial charge in [-0.1, -0.05) is 53.7 Å². The molecule has 0 aliphatic carbocycles. The van der Waals surface area contributed by atoms with Gasteiger partial charge in [0.25, 0.3) is 8.32 Å². The average molecular weight is 263 g/mol. The molecule has 0 saturated heterocycles. The highest BCUT2D eigenvalue weighted by Crippen LogP contribution is 2.42. The second-order valence-corrected chi connectivity index (χ2v) is 11.4. The van der Waals surface area contributed by atoms with Gasteiger partial charge in [0, 0.05) is 0 Å². The summed E-state index contributed by atoms with van der Waals surface area (Å²) in [6, 6.07) is 8.15. The molecule has 0 atom stereocenters. The van der Waals surface area contributed by atoms with Crippen LogP contribution in [0.1, 0.15) is 47.1 Å². The lowest BCUT2D eigenvalue weighted by Gasteiger charge is -2.42. The van der Waals surface area contributed by atoms with Crippen molar-refractivity contribution in [3.63, 3.8) is 0 Å². The second-order valence-electron chi connectivity index (χ2n) is 6.06. The smallest absolute Gasteiger partial charge is 0.258 e.